The Morgan fingerprint density at radius 2 is 1.89 bits per heavy atom. The lowest BCUT2D eigenvalue weighted by Gasteiger charge is -2.28. The second-order valence-corrected chi connectivity index (χ2v) is 9.83. The summed E-state index contributed by atoms with van der Waals surface area (Å²) < 4.78 is 57.4. The van der Waals surface area contributed by atoms with Crippen LogP contribution in [0.3, 0.4) is 0 Å². The van der Waals surface area contributed by atoms with Crippen molar-refractivity contribution in [2.45, 2.75) is 57.7 Å². The third kappa shape index (κ3) is 5.57. The first-order chi connectivity index (χ1) is 17.8. The highest BCUT2D eigenvalue weighted by Crippen LogP contribution is 2.39. The summed E-state index contributed by atoms with van der Waals surface area (Å²) in [7, 11) is 4.82. The largest absolute Gasteiger partial charge is 0.496 e. The predicted molar refractivity (Wildman–Crippen MR) is 133 cm³/mol. The molecular formula is C25H30F3N5O5. The number of hydrogen-bond acceptors (Lipinski definition) is 8. The number of ether oxygens (including phenoxy) is 3. The van der Waals surface area contributed by atoms with Gasteiger partial charge in [-0.1, -0.05) is 0 Å². The van der Waals surface area contributed by atoms with Crippen molar-refractivity contribution in [2.75, 3.05) is 26.1 Å². The number of carbonyl (C=O) groups excluding carboxylic acids is 1. The number of alkyl halides is 3. The van der Waals surface area contributed by atoms with E-state index in [1.807, 2.05) is 0 Å². The molecule has 206 valence electrons. The van der Waals surface area contributed by atoms with Crippen LogP contribution in [0.4, 0.5) is 19.0 Å². The van der Waals surface area contributed by atoms with Crippen molar-refractivity contribution in [3.8, 4) is 28.4 Å². The fraction of sp³-hybridized carbons (Fsp3) is 0.480. The van der Waals surface area contributed by atoms with Crippen LogP contribution in [0.1, 0.15) is 37.6 Å². The van der Waals surface area contributed by atoms with Gasteiger partial charge in [-0.25, -0.2) is 13.9 Å². The maximum absolute atomic E-state index is 13.4. The van der Waals surface area contributed by atoms with Gasteiger partial charge < -0.3 is 29.5 Å². The highest BCUT2D eigenvalue weighted by atomic mass is 19.3. The van der Waals surface area contributed by atoms with Gasteiger partial charge in [0.1, 0.15) is 29.3 Å². The number of benzene rings is 1. The fourth-order valence-corrected chi connectivity index (χ4v) is 3.70. The Balaban J connectivity index is 1.81. The summed E-state index contributed by atoms with van der Waals surface area (Å²) in [5.74, 6) is -0.464. The van der Waals surface area contributed by atoms with E-state index in [1.54, 1.807) is 46.0 Å². The van der Waals surface area contributed by atoms with Gasteiger partial charge in [0.25, 0.3) is 5.91 Å². The van der Waals surface area contributed by atoms with E-state index in [0.29, 0.717) is 28.3 Å². The number of nitrogens with one attached hydrogen (secondary N) is 1. The number of hydrogen-bond donors (Lipinski definition) is 2. The number of methoxy groups -OCH3 is 1. The number of amides is 1. The second-order valence-electron chi connectivity index (χ2n) is 9.83. The zero-order valence-electron chi connectivity index (χ0n) is 21.8. The van der Waals surface area contributed by atoms with Gasteiger partial charge in [0, 0.05) is 26.1 Å². The van der Waals surface area contributed by atoms with Crippen LogP contribution in [-0.4, -0.2) is 77.3 Å². The molecule has 0 bridgehead atoms. The molecule has 0 saturated heterocycles. The van der Waals surface area contributed by atoms with E-state index in [4.69, 9.17) is 9.47 Å². The van der Waals surface area contributed by atoms with Crippen molar-refractivity contribution >= 4 is 17.4 Å². The van der Waals surface area contributed by atoms with Crippen molar-refractivity contribution in [3.05, 3.63) is 30.1 Å². The molecule has 3 atom stereocenters. The normalized spacial score (nSPS) is 17.9. The van der Waals surface area contributed by atoms with E-state index in [9.17, 15) is 23.1 Å². The van der Waals surface area contributed by atoms with Gasteiger partial charge in [0.05, 0.1) is 31.1 Å². The average molecular weight is 538 g/mol. The zero-order valence-corrected chi connectivity index (χ0v) is 21.8. The van der Waals surface area contributed by atoms with Crippen LogP contribution in [0, 0.1) is 0 Å². The molecule has 4 rings (SSSR count). The molecule has 0 aliphatic heterocycles. The van der Waals surface area contributed by atoms with Gasteiger partial charge in [-0.05, 0) is 38.5 Å². The quantitative estimate of drug-likeness (QED) is 0.405. The third-order valence-corrected chi connectivity index (χ3v) is 6.23. The van der Waals surface area contributed by atoms with Gasteiger partial charge in [0.2, 0.25) is 0 Å². The lowest BCUT2D eigenvalue weighted by molar-refractivity contribution is -0.0502. The Labute approximate surface area is 217 Å². The highest BCUT2D eigenvalue weighted by Gasteiger charge is 2.40. The molecule has 2 aromatic heterocycles. The molecular weight excluding hydrogens is 507 g/mol. The molecule has 13 heteroatoms. The summed E-state index contributed by atoms with van der Waals surface area (Å²) in [6, 6.07) is 2.05. The Morgan fingerprint density at radius 1 is 1.24 bits per heavy atom. The lowest BCUT2D eigenvalue weighted by atomic mass is 10.0. The first-order valence-corrected chi connectivity index (χ1v) is 11.9. The number of anilines is 1. The van der Waals surface area contributed by atoms with E-state index in [1.165, 1.54) is 30.0 Å². The smallest absolute Gasteiger partial charge is 0.387 e. The number of aliphatic hydroxyl groups is 1. The molecule has 1 aliphatic rings. The molecule has 1 saturated carbocycles. The van der Waals surface area contributed by atoms with E-state index in [2.05, 4.69) is 20.1 Å². The molecule has 1 aromatic carbocycles. The zero-order chi connectivity index (χ0) is 27.9. The Morgan fingerprint density at radius 3 is 2.45 bits per heavy atom. The van der Waals surface area contributed by atoms with Crippen LogP contribution < -0.4 is 24.4 Å². The molecule has 3 aromatic rings. The van der Waals surface area contributed by atoms with Crippen molar-refractivity contribution < 1.29 is 37.3 Å². The topological polar surface area (TPSA) is 110 Å². The van der Waals surface area contributed by atoms with Crippen LogP contribution >= 0.6 is 0 Å². The van der Waals surface area contributed by atoms with Crippen molar-refractivity contribution in [1.82, 2.24) is 19.9 Å². The van der Waals surface area contributed by atoms with Crippen LogP contribution in [0.15, 0.2) is 24.5 Å². The summed E-state index contributed by atoms with van der Waals surface area (Å²) in [4.78, 5) is 19.2. The van der Waals surface area contributed by atoms with Crippen LogP contribution in [0.2, 0.25) is 0 Å². The highest BCUT2D eigenvalue weighted by molar-refractivity contribution is 6.01. The minimum atomic E-state index is -3.23. The third-order valence-electron chi connectivity index (χ3n) is 6.23. The molecule has 1 amide bonds. The standard InChI is InChI=1S/C25H30F3N5O5/c1-12(25(2,3)35)37-19-11-33-21(31-22(19)32(4)5)14(10-29-33)13-7-17(36-6)20(18(8-13)38-24(27)28)23(34)30-16-9-15(16)26/h7-8,10-12,15-16,24,35H,9H2,1-6H3,(H,30,34)/t12-,15-,16+/m0/s1. The van der Waals surface area contributed by atoms with Crippen molar-refractivity contribution in [1.29, 1.82) is 0 Å². The fourth-order valence-electron chi connectivity index (χ4n) is 3.70. The van der Waals surface area contributed by atoms with Gasteiger partial charge in [0.15, 0.2) is 17.2 Å². The summed E-state index contributed by atoms with van der Waals surface area (Å²) >= 11 is 0. The van der Waals surface area contributed by atoms with Crippen LogP contribution in [0.5, 0.6) is 17.2 Å². The molecule has 10 nitrogen and oxygen atoms in total. The van der Waals surface area contributed by atoms with E-state index in [0.717, 1.165) is 0 Å². The predicted octanol–water partition coefficient (Wildman–Crippen LogP) is 3.45. The van der Waals surface area contributed by atoms with E-state index in [-0.39, 0.29) is 17.7 Å². The summed E-state index contributed by atoms with van der Waals surface area (Å²) in [5, 5.41) is 17.1. The molecule has 2 N–H and O–H groups in total. The molecule has 0 spiro atoms. The number of aromatic nitrogens is 3. The van der Waals surface area contributed by atoms with Gasteiger partial charge in [-0.15, -0.1) is 0 Å². The second kappa shape index (κ2) is 10.2. The Bertz CT molecular complexity index is 1340. The first-order valence-electron chi connectivity index (χ1n) is 11.9. The summed E-state index contributed by atoms with van der Waals surface area (Å²) in [6.07, 6.45) is 1.47. The molecule has 1 fully saturated rings. The van der Waals surface area contributed by atoms with E-state index < -0.39 is 42.2 Å². The molecule has 38 heavy (non-hydrogen) atoms. The molecule has 1 aliphatic carbocycles. The Hall–Kier alpha value is -3.74. The first kappa shape index (κ1) is 27.3. The van der Waals surface area contributed by atoms with Crippen molar-refractivity contribution in [3.63, 3.8) is 0 Å². The monoisotopic (exact) mass is 537 g/mol. The maximum atomic E-state index is 13.4. The minimum absolute atomic E-state index is 0.0437. The van der Waals surface area contributed by atoms with Crippen molar-refractivity contribution in [2.24, 2.45) is 0 Å². The lowest BCUT2D eigenvalue weighted by Crippen LogP contribution is -2.38. The van der Waals surface area contributed by atoms with Gasteiger partial charge in [-0.2, -0.15) is 13.9 Å². The van der Waals surface area contributed by atoms with Crippen LogP contribution in [0.25, 0.3) is 16.8 Å². The molecule has 0 unspecified atom stereocenters. The molecule has 0 radical (unpaired) electrons. The number of fused-ring (bicyclic) bond motifs is 1. The maximum Gasteiger partial charge on any atom is 0.387 e. The summed E-state index contributed by atoms with van der Waals surface area (Å²) in [5.41, 5.74) is -0.257. The number of carbonyl (C=O) groups is 1. The number of rotatable bonds is 10. The average Bonchev–Trinajstić information content (AvgIpc) is 3.34. The number of nitrogens with zero attached hydrogens (tertiary/aromatic N) is 4. The minimum Gasteiger partial charge on any atom is -0.496 e. The Kier molecular flexibility index (Phi) is 7.33. The van der Waals surface area contributed by atoms with Gasteiger partial charge in [-0.3, -0.25) is 4.79 Å². The van der Waals surface area contributed by atoms with E-state index >= 15 is 0 Å². The van der Waals surface area contributed by atoms with Gasteiger partial charge >= 0.3 is 6.61 Å². The SMILES string of the molecule is COc1cc(-c2cnn3cc(O[C@@H](C)C(C)(C)O)c(N(C)C)nc23)cc(OC(F)F)c1C(=O)N[C@@H]1C[C@@H]1F. The summed E-state index contributed by atoms with van der Waals surface area (Å²) in [6.45, 7) is 1.75. The molecule has 2 heterocycles. The van der Waals surface area contributed by atoms with Crippen LogP contribution in [-0.2, 0) is 0 Å². The number of halogens is 3.